The molecule has 32 heavy (non-hydrogen) atoms. The zero-order valence-electron chi connectivity index (χ0n) is 19.3. The summed E-state index contributed by atoms with van der Waals surface area (Å²) in [5.74, 6) is 1.89. The lowest BCUT2D eigenvalue weighted by Crippen LogP contribution is -2.23. The van der Waals surface area contributed by atoms with Gasteiger partial charge in [0.1, 0.15) is 5.82 Å². The minimum Gasteiger partial charge on any atom is -0.278 e. The van der Waals surface area contributed by atoms with E-state index in [0.29, 0.717) is 0 Å². The number of unbranched alkanes of at least 4 members (excludes halogenated alkanes) is 1. The van der Waals surface area contributed by atoms with Gasteiger partial charge in [-0.1, -0.05) is 98.1 Å². The van der Waals surface area contributed by atoms with E-state index < -0.39 is 0 Å². The second kappa shape index (κ2) is 9.41. The van der Waals surface area contributed by atoms with Crippen LogP contribution in [-0.4, -0.2) is 14.8 Å². The van der Waals surface area contributed by atoms with E-state index in [1.807, 2.05) is 12.1 Å². The maximum Gasteiger partial charge on any atom is 0.168 e. The number of halogens is 1. The fraction of sp³-hybridized carbons (Fsp3) is 0.286. The Bertz CT molecular complexity index is 1210. The molecule has 0 unspecified atom stereocenters. The molecule has 4 aromatic rings. The van der Waals surface area contributed by atoms with Crippen molar-refractivity contribution >= 4 is 15.9 Å². The average Bonchev–Trinajstić information content (AvgIpc) is 3.24. The van der Waals surface area contributed by atoms with E-state index in [0.717, 1.165) is 40.2 Å². The SMILES string of the molecule is CCCCC(C)(C)c1nnc(-c2cccc(Br)c2)n1-c1ccc(-c2ccccc2)cc1C. The molecule has 0 saturated heterocycles. The number of hydrogen-bond donors (Lipinski definition) is 0. The normalized spacial score (nSPS) is 11.7. The van der Waals surface area contributed by atoms with Gasteiger partial charge in [-0.2, -0.15) is 0 Å². The topological polar surface area (TPSA) is 30.7 Å². The number of hydrogen-bond acceptors (Lipinski definition) is 2. The minimum atomic E-state index is -0.0855. The number of rotatable bonds is 7. The summed E-state index contributed by atoms with van der Waals surface area (Å²) in [6.45, 7) is 8.97. The van der Waals surface area contributed by atoms with E-state index in [2.05, 4.69) is 109 Å². The number of aryl methyl sites for hydroxylation is 1. The van der Waals surface area contributed by atoms with Crippen LogP contribution in [0.25, 0.3) is 28.2 Å². The van der Waals surface area contributed by atoms with Gasteiger partial charge in [0.25, 0.3) is 0 Å². The van der Waals surface area contributed by atoms with Gasteiger partial charge in [0.15, 0.2) is 5.82 Å². The molecular weight excluding hydrogens is 458 g/mol. The molecule has 164 valence electrons. The molecule has 0 amide bonds. The summed E-state index contributed by atoms with van der Waals surface area (Å²) in [4.78, 5) is 0. The van der Waals surface area contributed by atoms with Gasteiger partial charge in [-0.05, 0) is 54.3 Å². The number of aromatic nitrogens is 3. The van der Waals surface area contributed by atoms with Gasteiger partial charge < -0.3 is 0 Å². The first-order valence-corrected chi connectivity index (χ1v) is 12.1. The van der Waals surface area contributed by atoms with Gasteiger partial charge in [-0.3, -0.25) is 4.57 Å². The van der Waals surface area contributed by atoms with Crippen molar-refractivity contribution in [2.75, 3.05) is 0 Å². The zero-order chi connectivity index (χ0) is 22.7. The fourth-order valence-corrected chi connectivity index (χ4v) is 4.61. The van der Waals surface area contributed by atoms with Crippen LogP contribution in [0, 0.1) is 6.92 Å². The van der Waals surface area contributed by atoms with Crippen LogP contribution in [0.5, 0.6) is 0 Å². The highest BCUT2D eigenvalue weighted by Crippen LogP contribution is 2.35. The van der Waals surface area contributed by atoms with Crippen LogP contribution in [0.1, 0.15) is 51.4 Å². The molecule has 4 rings (SSSR count). The maximum atomic E-state index is 4.74. The highest BCUT2D eigenvalue weighted by molar-refractivity contribution is 9.10. The monoisotopic (exact) mass is 487 g/mol. The summed E-state index contributed by atoms with van der Waals surface area (Å²) in [5.41, 5.74) is 5.74. The largest absolute Gasteiger partial charge is 0.278 e. The maximum absolute atomic E-state index is 4.74. The Morgan fingerprint density at radius 1 is 0.844 bits per heavy atom. The quantitative estimate of drug-likeness (QED) is 0.263. The Balaban J connectivity index is 1.89. The van der Waals surface area contributed by atoms with E-state index in [-0.39, 0.29) is 5.41 Å². The molecule has 0 aliphatic heterocycles. The van der Waals surface area contributed by atoms with Crippen molar-refractivity contribution in [3.8, 4) is 28.2 Å². The number of nitrogens with zero attached hydrogens (tertiary/aromatic N) is 3. The lowest BCUT2D eigenvalue weighted by molar-refractivity contribution is 0.425. The van der Waals surface area contributed by atoms with E-state index in [1.54, 1.807) is 0 Å². The Morgan fingerprint density at radius 3 is 2.28 bits per heavy atom. The van der Waals surface area contributed by atoms with Crippen LogP contribution >= 0.6 is 15.9 Å². The van der Waals surface area contributed by atoms with Crippen molar-refractivity contribution in [1.82, 2.24) is 14.8 Å². The second-order valence-corrected chi connectivity index (χ2v) is 9.96. The molecule has 0 saturated carbocycles. The Kier molecular flexibility index (Phi) is 6.61. The molecule has 0 atom stereocenters. The summed E-state index contributed by atoms with van der Waals surface area (Å²) < 4.78 is 3.30. The molecule has 3 aromatic carbocycles. The molecular formula is C28H30BrN3. The molecule has 0 radical (unpaired) electrons. The molecule has 1 heterocycles. The summed E-state index contributed by atoms with van der Waals surface area (Å²) in [5, 5.41) is 9.43. The predicted octanol–water partition coefficient (Wildman–Crippen LogP) is 8.14. The van der Waals surface area contributed by atoms with Gasteiger partial charge in [-0.25, -0.2) is 0 Å². The van der Waals surface area contributed by atoms with Crippen molar-refractivity contribution in [2.45, 2.75) is 52.4 Å². The van der Waals surface area contributed by atoms with Crippen molar-refractivity contribution in [3.05, 3.63) is 88.7 Å². The molecule has 1 aromatic heterocycles. The first-order chi connectivity index (χ1) is 15.4. The van der Waals surface area contributed by atoms with E-state index in [4.69, 9.17) is 10.2 Å². The lowest BCUT2D eigenvalue weighted by Gasteiger charge is -2.25. The Hall–Kier alpha value is -2.72. The number of benzene rings is 3. The molecule has 0 spiro atoms. The van der Waals surface area contributed by atoms with Gasteiger partial charge in [0.05, 0.1) is 5.69 Å². The lowest BCUT2D eigenvalue weighted by atomic mass is 9.86. The summed E-state index contributed by atoms with van der Waals surface area (Å²) in [6, 6.07) is 25.5. The highest BCUT2D eigenvalue weighted by Gasteiger charge is 2.30. The first kappa shape index (κ1) is 22.5. The standard InChI is InChI=1S/C28H30BrN3/c1-5-6-17-28(3,4)27-31-30-26(23-13-10-14-24(29)19-23)32(27)25-16-15-22(18-20(25)2)21-11-8-7-9-12-21/h7-16,18-19H,5-6,17H2,1-4H3. The highest BCUT2D eigenvalue weighted by atomic mass is 79.9. The fourth-order valence-electron chi connectivity index (χ4n) is 4.21. The van der Waals surface area contributed by atoms with Gasteiger partial charge in [0.2, 0.25) is 0 Å². The summed E-state index contributed by atoms with van der Waals surface area (Å²) in [7, 11) is 0. The average molecular weight is 488 g/mol. The first-order valence-electron chi connectivity index (χ1n) is 11.3. The van der Waals surface area contributed by atoms with E-state index in [1.165, 1.54) is 23.1 Å². The Labute approximate surface area is 199 Å². The second-order valence-electron chi connectivity index (χ2n) is 9.05. The third kappa shape index (κ3) is 4.56. The molecule has 0 aliphatic rings. The van der Waals surface area contributed by atoms with Gasteiger partial charge in [0, 0.05) is 15.5 Å². The van der Waals surface area contributed by atoms with Crippen LogP contribution in [0.4, 0.5) is 0 Å². The predicted molar refractivity (Wildman–Crippen MR) is 137 cm³/mol. The van der Waals surface area contributed by atoms with Gasteiger partial charge in [-0.15, -0.1) is 10.2 Å². The molecule has 0 bridgehead atoms. The van der Waals surface area contributed by atoms with Crippen LogP contribution in [-0.2, 0) is 5.41 Å². The van der Waals surface area contributed by atoms with Crippen LogP contribution in [0.3, 0.4) is 0 Å². The minimum absolute atomic E-state index is 0.0855. The molecule has 0 fully saturated rings. The zero-order valence-corrected chi connectivity index (χ0v) is 20.9. The smallest absolute Gasteiger partial charge is 0.168 e. The van der Waals surface area contributed by atoms with Crippen molar-refractivity contribution < 1.29 is 0 Å². The van der Waals surface area contributed by atoms with Crippen molar-refractivity contribution in [1.29, 1.82) is 0 Å². The van der Waals surface area contributed by atoms with E-state index >= 15 is 0 Å². The Morgan fingerprint density at radius 2 is 1.59 bits per heavy atom. The molecule has 3 nitrogen and oxygen atoms in total. The van der Waals surface area contributed by atoms with Crippen LogP contribution in [0.15, 0.2) is 77.3 Å². The van der Waals surface area contributed by atoms with Crippen LogP contribution in [0.2, 0.25) is 0 Å². The van der Waals surface area contributed by atoms with Gasteiger partial charge >= 0.3 is 0 Å². The third-order valence-electron chi connectivity index (χ3n) is 6.05. The molecule has 0 aliphatic carbocycles. The molecule has 4 heteroatoms. The van der Waals surface area contributed by atoms with Crippen molar-refractivity contribution in [3.63, 3.8) is 0 Å². The third-order valence-corrected chi connectivity index (χ3v) is 6.54. The summed E-state index contributed by atoms with van der Waals surface area (Å²) >= 11 is 3.61. The van der Waals surface area contributed by atoms with Crippen molar-refractivity contribution in [2.24, 2.45) is 0 Å². The van der Waals surface area contributed by atoms with E-state index in [9.17, 15) is 0 Å². The molecule has 0 N–H and O–H groups in total. The summed E-state index contributed by atoms with van der Waals surface area (Å²) in [6.07, 6.45) is 3.40. The van der Waals surface area contributed by atoms with Crippen LogP contribution < -0.4 is 0 Å².